The Balaban J connectivity index is 1.78. The summed E-state index contributed by atoms with van der Waals surface area (Å²) >= 11 is 1.79. The molecule has 2 unspecified atom stereocenters. The van der Waals surface area contributed by atoms with Crippen molar-refractivity contribution >= 4 is 11.3 Å². The molecule has 2 rings (SSSR count). The third kappa shape index (κ3) is 3.76. The fourth-order valence-corrected chi connectivity index (χ4v) is 3.28. The first-order valence-electron chi connectivity index (χ1n) is 6.48. The van der Waals surface area contributed by atoms with Crippen molar-refractivity contribution in [1.82, 2.24) is 15.2 Å². The fraction of sp³-hybridized carbons (Fsp3) is 0.769. The van der Waals surface area contributed by atoms with Gasteiger partial charge < -0.3 is 10.2 Å². The lowest BCUT2D eigenvalue weighted by atomic mass is 9.92. The molecule has 2 heterocycles. The number of nitrogens with one attached hydrogen (secondary N) is 1. The zero-order chi connectivity index (χ0) is 12.3. The molecule has 1 aromatic rings. The minimum atomic E-state index is 0.597. The maximum Gasteiger partial charge on any atom is 0.0897 e. The van der Waals surface area contributed by atoms with Gasteiger partial charge >= 0.3 is 0 Å². The molecule has 0 bridgehead atoms. The Hall–Kier alpha value is -0.450. The van der Waals surface area contributed by atoms with Crippen LogP contribution in [-0.2, 0) is 6.54 Å². The van der Waals surface area contributed by atoms with Gasteiger partial charge in [0, 0.05) is 30.2 Å². The number of nitrogens with zero attached hydrogens (tertiary/aromatic N) is 2. The van der Waals surface area contributed by atoms with Crippen LogP contribution in [0, 0.1) is 12.8 Å². The van der Waals surface area contributed by atoms with E-state index >= 15 is 0 Å². The summed E-state index contributed by atoms with van der Waals surface area (Å²) in [5, 5.41) is 4.81. The molecule has 1 aliphatic rings. The lowest BCUT2D eigenvalue weighted by Crippen LogP contribution is -2.42. The van der Waals surface area contributed by atoms with Crippen molar-refractivity contribution in [2.45, 2.75) is 39.3 Å². The molecule has 0 aromatic carbocycles. The average Bonchev–Trinajstić information content (AvgIpc) is 2.72. The molecule has 17 heavy (non-hydrogen) atoms. The number of thiazole rings is 1. The normalized spacial score (nSPS) is 23.8. The van der Waals surface area contributed by atoms with Crippen LogP contribution in [0.5, 0.6) is 0 Å². The summed E-state index contributed by atoms with van der Waals surface area (Å²) in [6, 6.07) is 0.597. The van der Waals surface area contributed by atoms with Crippen LogP contribution >= 0.6 is 11.3 Å². The zero-order valence-corrected chi connectivity index (χ0v) is 11.9. The lowest BCUT2D eigenvalue weighted by Gasteiger charge is -2.33. The molecule has 0 spiro atoms. The second kappa shape index (κ2) is 5.94. The van der Waals surface area contributed by atoms with Crippen LogP contribution in [0.3, 0.4) is 0 Å². The van der Waals surface area contributed by atoms with Gasteiger partial charge in [0.2, 0.25) is 0 Å². The van der Waals surface area contributed by atoms with Crippen LogP contribution in [0.15, 0.2) is 6.20 Å². The van der Waals surface area contributed by atoms with Crippen LogP contribution in [-0.4, -0.2) is 36.1 Å². The summed E-state index contributed by atoms with van der Waals surface area (Å²) in [5.41, 5.74) is 0. The Labute approximate surface area is 108 Å². The number of hydrogen-bond donors (Lipinski definition) is 1. The summed E-state index contributed by atoms with van der Waals surface area (Å²) < 4.78 is 0. The summed E-state index contributed by atoms with van der Waals surface area (Å²) in [5.74, 6) is 0.794. The molecule has 1 saturated heterocycles. The van der Waals surface area contributed by atoms with Gasteiger partial charge in [-0.2, -0.15) is 0 Å². The van der Waals surface area contributed by atoms with Gasteiger partial charge in [-0.15, -0.1) is 11.3 Å². The van der Waals surface area contributed by atoms with E-state index < -0.39 is 0 Å². The topological polar surface area (TPSA) is 28.2 Å². The Morgan fingerprint density at radius 2 is 2.47 bits per heavy atom. The van der Waals surface area contributed by atoms with Gasteiger partial charge in [0.15, 0.2) is 0 Å². The molecular formula is C13H23N3S. The molecule has 4 heteroatoms. The van der Waals surface area contributed by atoms with E-state index in [-0.39, 0.29) is 0 Å². The van der Waals surface area contributed by atoms with E-state index in [1.807, 2.05) is 6.20 Å². The van der Waals surface area contributed by atoms with Crippen molar-refractivity contribution in [3.8, 4) is 0 Å². The van der Waals surface area contributed by atoms with Crippen molar-refractivity contribution in [2.24, 2.45) is 5.92 Å². The molecular weight excluding hydrogens is 230 g/mol. The van der Waals surface area contributed by atoms with E-state index in [2.05, 4.69) is 36.1 Å². The highest BCUT2D eigenvalue weighted by Crippen LogP contribution is 2.19. The average molecular weight is 253 g/mol. The highest BCUT2D eigenvalue weighted by molar-refractivity contribution is 7.11. The first-order chi connectivity index (χ1) is 8.15. The van der Waals surface area contributed by atoms with Crippen LogP contribution < -0.4 is 5.32 Å². The molecule has 0 amide bonds. The van der Waals surface area contributed by atoms with Crippen molar-refractivity contribution in [3.63, 3.8) is 0 Å². The maximum absolute atomic E-state index is 4.29. The van der Waals surface area contributed by atoms with Gasteiger partial charge in [0.1, 0.15) is 0 Å². The minimum absolute atomic E-state index is 0.597. The molecule has 1 aromatic heterocycles. The minimum Gasteiger partial charge on any atom is -0.309 e. The van der Waals surface area contributed by atoms with Gasteiger partial charge in [-0.25, -0.2) is 4.98 Å². The first-order valence-corrected chi connectivity index (χ1v) is 7.30. The molecule has 2 atom stereocenters. The Kier molecular flexibility index (Phi) is 4.54. The smallest absolute Gasteiger partial charge is 0.0897 e. The van der Waals surface area contributed by atoms with Gasteiger partial charge in [0.05, 0.1) is 5.01 Å². The summed E-state index contributed by atoms with van der Waals surface area (Å²) in [6.07, 6.45) is 4.69. The van der Waals surface area contributed by atoms with Gasteiger partial charge in [-0.3, -0.25) is 0 Å². The molecule has 0 aliphatic carbocycles. The second-order valence-electron chi connectivity index (χ2n) is 5.18. The summed E-state index contributed by atoms with van der Waals surface area (Å²) in [7, 11) is 2.23. The van der Waals surface area contributed by atoms with Crippen molar-refractivity contribution in [2.75, 3.05) is 20.1 Å². The number of hydrogen-bond acceptors (Lipinski definition) is 4. The van der Waals surface area contributed by atoms with Crippen LogP contribution in [0.4, 0.5) is 0 Å². The quantitative estimate of drug-likeness (QED) is 0.892. The number of piperidine rings is 1. The molecule has 1 N–H and O–H groups in total. The largest absolute Gasteiger partial charge is 0.309 e. The Morgan fingerprint density at radius 3 is 3.12 bits per heavy atom. The highest BCUT2D eigenvalue weighted by Gasteiger charge is 2.22. The number of aryl methyl sites for hydroxylation is 1. The van der Waals surface area contributed by atoms with Gasteiger partial charge in [-0.05, 0) is 46.2 Å². The van der Waals surface area contributed by atoms with Crippen molar-refractivity contribution in [3.05, 3.63) is 16.1 Å². The molecule has 0 radical (unpaired) electrons. The monoisotopic (exact) mass is 253 g/mol. The third-order valence-corrected chi connectivity index (χ3v) is 4.55. The van der Waals surface area contributed by atoms with Crippen LogP contribution in [0.1, 0.15) is 29.7 Å². The second-order valence-corrected chi connectivity index (χ2v) is 6.50. The van der Waals surface area contributed by atoms with E-state index in [1.165, 1.54) is 30.8 Å². The van der Waals surface area contributed by atoms with E-state index in [1.54, 1.807) is 11.3 Å². The van der Waals surface area contributed by atoms with E-state index in [0.717, 1.165) is 17.5 Å². The highest BCUT2D eigenvalue weighted by atomic mass is 32.1. The van der Waals surface area contributed by atoms with Gasteiger partial charge in [-0.1, -0.05) is 0 Å². The molecule has 0 saturated carbocycles. The predicted octanol–water partition coefficient (Wildman–Crippen LogP) is 2.27. The first kappa shape index (κ1) is 13.0. The predicted molar refractivity (Wildman–Crippen MR) is 73.4 cm³/mol. The molecule has 1 aliphatic heterocycles. The summed E-state index contributed by atoms with van der Waals surface area (Å²) in [6.45, 7) is 7.84. The number of likely N-dealkylation sites (tertiary alicyclic amines) is 1. The fourth-order valence-electron chi connectivity index (χ4n) is 2.53. The maximum atomic E-state index is 4.29. The zero-order valence-electron chi connectivity index (χ0n) is 11.1. The van der Waals surface area contributed by atoms with Crippen LogP contribution in [0.2, 0.25) is 0 Å². The van der Waals surface area contributed by atoms with Crippen LogP contribution in [0.25, 0.3) is 0 Å². The number of aromatic nitrogens is 1. The summed E-state index contributed by atoms with van der Waals surface area (Å²) in [4.78, 5) is 8.08. The SMILES string of the molecule is Cc1ncc(CNC(C)C2CCCN(C)C2)s1. The molecule has 1 fully saturated rings. The van der Waals surface area contributed by atoms with Crippen molar-refractivity contribution in [1.29, 1.82) is 0 Å². The lowest BCUT2D eigenvalue weighted by molar-refractivity contribution is 0.178. The van der Waals surface area contributed by atoms with Gasteiger partial charge in [0.25, 0.3) is 0 Å². The standard InChI is InChI=1S/C13H23N3S/c1-10(12-5-4-6-16(3)9-12)14-7-13-8-15-11(2)17-13/h8,10,12,14H,4-7,9H2,1-3H3. The molecule has 3 nitrogen and oxygen atoms in total. The third-order valence-electron chi connectivity index (χ3n) is 3.64. The Bertz CT molecular complexity index is 350. The number of rotatable bonds is 4. The molecule has 96 valence electrons. The van der Waals surface area contributed by atoms with Crippen molar-refractivity contribution < 1.29 is 0 Å². The van der Waals surface area contributed by atoms with E-state index in [9.17, 15) is 0 Å². The Morgan fingerprint density at radius 1 is 1.65 bits per heavy atom. The van der Waals surface area contributed by atoms with E-state index in [0.29, 0.717) is 6.04 Å². The van der Waals surface area contributed by atoms with E-state index in [4.69, 9.17) is 0 Å².